The van der Waals surface area contributed by atoms with Gasteiger partial charge in [-0.2, -0.15) is 0 Å². The Morgan fingerprint density at radius 1 is 0.812 bits per heavy atom. The lowest BCUT2D eigenvalue weighted by Gasteiger charge is -2.06. The lowest BCUT2D eigenvalue weighted by atomic mass is 10.2. The smallest absolute Gasteiger partial charge is 0.153 e. The van der Waals surface area contributed by atoms with Crippen LogP contribution in [0.15, 0.2) is 102 Å². The molecule has 0 saturated carbocycles. The van der Waals surface area contributed by atoms with Crippen LogP contribution in [0.4, 0.5) is 15.8 Å². The van der Waals surface area contributed by atoms with Crippen LogP contribution in [-0.4, -0.2) is 17.6 Å². The zero-order valence-corrected chi connectivity index (χ0v) is 17.1. The van der Waals surface area contributed by atoms with Crippen LogP contribution in [0.2, 0.25) is 0 Å². The number of phenols is 1. The Kier molecular flexibility index (Phi) is 7.70. The van der Waals surface area contributed by atoms with Crippen LogP contribution in [0.1, 0.15) is 15.9 Å². The fourth-order valence-electron chi connectivity index (χ4n) is 2.65. The van der Waals surface area contributed by atoms with E-state index in [1.807, 2.05) is 54.7 Å². The van der Waals surface area contributed by atoms with E-state index in [0.29, 0.717) is 12.0 Å². The molecular formula is C26H21FN2O3. The van der Waals surface area contributed by atoms with E-state index in [2.05, 4.69) is 4.99 Å². The van der Waals surface area contributed by atoms with E-state index < -0.39 is 5.82 Å². The molecular weight excluding hydrogens is 407 g/mol. The van der Waals surface area contributed by atoms with Crippen LogP contribution >= 0.6 is 0 Å². The molecule has 4 aromatic rings. The monoisotopic (exact) mass is 428 g/mol. The van der Waals surface area contributed by atoms with E-state index in [4.69, 9.17) is 15.6 Å². The predicted molar refractivity (Wildman–Crippen MR) is 125 cm³/mol. The van der Waals surface area contributed by atoms with Crippen molar-refractivity contribution in [1.29, 1.82) is 0 Å². The molecule has 0 unspecified atom stereocenters. The Balaban J connectivity index is 0.000000147. The molecule has 0 aliphatic carbocycles. The zero-order chi connectivity index (χ0) is 22.8. The Morgan fingerprint density at radius 2 is 1.44 bits per heavy atom. The highest BCUT2D eigenvalue weighted by atomic mass is 19.1. The maximum absolute atomic E-state index is 12.4. The first-order valence-corrected chi connectivity index (χ1v) is 9.71. The molecule has 1 aliphatic heterocycles. The number of anilines is 1. The fourth-order valence-corrected chi connectivity index (χ4v) is 2.65. The second-order valence-corrected chi connectivity index (χ2v) is 6.56. The van der Waals surface area contributed by atoms with Gasteiger partial charge in [-0.05, 0) is 48.5 Å². The van der Waals surface area contributed by atoms with Gasteiger partial charge in [-0.3, -0.25) is 9.79 Å². The molecule has 0 fully saturated rings. The van der Waals surface area contributed by atoms with Crippen molar-refractivity contribution >= 4 is 23.9 Å². The largest absolute Gasteiger partial charge is 0.506 e. The number of nitrogens with two attached hydrogens (primary N) is 1. The number of aliphatic imine (C=N–C) groups is 1. The van der Waals surface area contributed by atoms with Crippen molar-refractivity contribution < 1.29 is 19.0 Å². The van der Waals surface area contributed by atoms with Gasteiger partial charge in [-0.15, -0.1) is 0 Å². The number of nitrogen functional groups attached to an aromatic ring is 1. The molecule has 5 rings (SSSR count). The minimum Gasteiger partial charge on any atom is -0.506 e. The number of halogens is 1. The standard InChI is InChI=1S/C13H9NO.C7H5FO.C6H7NO/c1-3-7-12-10(5-1)9-14-11-6-2-4-8-13(11)15-12;8-7-4-2-1-3-6(7)5-9;7-5-3-1-2-4-6(5)8/h1-9H;1-5H;1-4,8H,7H2. The molecule has 32 heavy (non-hydrogen) atoms. The molecule has 0 spiro atoms. The topological polar surface area (TPSA) is 84.9 Å². The summed E-state index contributed by atoms with van der Waals surface area (Å²) in [6.07, 6.45) is 2.33. The molecule has 5 nitrogen and oxygen atoms in total. The van der Waals surface area contributed by atoms with Crippen molar-refractivity contribution in [2.24, 2.45) is 4.99 Å². The summed E-state index contributed by atoms with van der Waals surface area (Å²) in [5.74, 6) is 1.34. The highest BCUT2D eigenvalue weighted by molar-refractivity contribution is 5.87. The SMILES string of the molecule is C1=Nc2ccccc2Oc2ccccc21.Nc1ccccc1O.O=Cc1ccccc1F. The molecule has 0 saturated heterocycles. The number of phenolic OH excluding ortho intramolecular Hbond substituents is 1. The van der Waals surface area contributed by atoms with Gasteiger partial charge >= 0.3 is 0 Å². The molecule has 0 radical (unpaired) electrons. The number of hydrogen-bond acceptors (Lipinski definition) is 5. The summed E-state index contributed by atoms with van der Waals surface area (Å²) in [5.41, 5.74) is 7.68. The molecule has 3 N–H and O–H groups in total. The number of carbonyl (C=O) groups excluding carboxylic acids is 1. The van der Waals surface area contributed by atoms with Crippen molar-refractivity contribution in [2.75, 3.05) is 5.73 Å². The molecule has 4 aromatic carbocycles. The molecule has 0 aromatic heterocycles. The molecule has 1 aliphatic rings. The van der Waals surface area contributed by atoms with Crippen LogP contribution in [0.5, 0.6) is 17.2 Å². The maximum atomic E-state index is 12.4. The van der Waals surface area contributed by atoms with Crippen LogP contribution in [-0.2, 0) is 0 Å². The highest BCUT2D eigenvalue weighted by Gasteiger charge is 2.09. The summed E-state index contributed by atoms with van der Waals surface area (Å²) in [6, 6.07) is 28.2. The first-order valence-electron chi connectivity index (χ1n) is 9.71. The summed E-state index contributed by atoms with van der Waals surface area (Å²) in [4.78, 5) is 14.4. The number of ether oxygens (including phenoxy) is 1. The third-order valence-electron chi connectivity index (χ3n) is 4.32. The number of aldehydes is 1. The van der Waals surface area contributed by atoms with Gasteiger partial charge < -0.3 is 15.6 Å². The number of benzene rings is 4. The van der Waals surface area contributed by atoms with Gasteiger partial charge in [-0.1, -0.05) is 48.5 Å². The molecule has 0 bridgehead atoms. The molecule has 6 heteroatoms. The summed E-state index contributed by atoms with van der Waals surface area (Å²) in [6.45, 7) is 0. The van der Waals surface area contributed by atoms with Crippen LogP contribution in [0.25, 0.3) is 0 Å². The van der Waals surface area contributed by atoms with Gasteiger partial charge in [-0.25, -0.2) is 4.39 Å². The second kappa shape index (κ2) is 11.1. The average Bonchev–Trinajstić information content (AvgIpc) is 3.02. The second-order valence-electron chi connectivity index (χ2n) is 6.56. The first kappa shape index (κ1) is 22.2. The summed E-state index contributed by atoms with van der Waals surface area (Å²) >= 11 is 0. The zero-order valence-electron chi connectivity index (χ0n) is 17.1. The minimum atomic E-state index is -0.465. The van der Waals surface area contributed by atoms with Crippen LogP contribution in [0.3, 0.4) is 0 Å². The number of aromatic hydroxyl groups is 1. The normalized spacial score (nSPS) is 10.5. The van der Waals surface area contributed by atoms with Gasteiger partial charge in [0, 0.05) is 11.8 Å². The number of nitrogens with zero attached hydrogens (tertiary/aromatic N) is 1. The fraction of sp³-hybridized carbons (Fsp3) is 0. The minimum absolute atomic E-state index is 0.109. The van der Waals surface area contributed by atoms with E-state index >= 15 is 0 Å². The van der Waals surface area contributed by atoms with E-state index in [0.717, 1.165) is 22.7 Å². The molecule has 1 heterocycles. The summed E-state index contributed by atoms with van der Waals surface area (Å²) < 4.78 is 18.1. The Hall–Kier alpha value is -4.45. The van der Waals surface area contributed by atoms with Crippen molar-refractivity contribution in [3.63, 3.8) is 0 Å². The van der Waals surface area contributed by atoms with Crippen molar-refractivity contribution in [3.05, 3.63) is 114 Å². The molecule has 0 atom stereocenters. The number of carbonyl (C=O) groups is 1. The van der Waals surface area contributed by atoms with Crippen molar-refractivity contribution in [3.8, 4) is 17.2 Å². The first-order chi connectivity index (χ1) is 15.6. The van der Waals surface area contributed by atoms with E-state index in [1.165, 1.54) is 12.1 Å². The van der Waals surface area contributed by atoms with Crippen LogP contribution in [0, 0.1) is 5.82 Å². The maximum Gasteiger partial charge on any atom is 0.153 e. The Labute approximate surface area is 185 Å². The third kappa shape index (κ3) is 6.03. The quantitative estimate of drug-likeness (QED) is 0.190. The average molecular weight is 428 g/mol. The Morgan fingerprint density at radius 3 is 2.09 bits per heavy atom. The van der Waals surface area contributed by atoms with E-state index in [-0.39, 0.29) is 11.3 Å². The summed E-state index contributed by atoms with van der Waals surface area (Å²) in [5, 5.41) is 8.79. The van der Waals surface area contributed by atoms with Gasteiger partial charge in [0.2, 0.25) is 0 Å². The van der Waals surface area contributed by atoms with Crippen LogP contribution < -0.4 is 10.5 Å². The van der Waals surface area contributed by atoms with Crippen molar-refractivity contribution in [1.82, 2.24) is 0 Å². The van der Waals surface area contributed by atoms with E-state index in [9.17, 15) is 9.18 Å². The van der Waals surface area contributed by atoms with E-state index in [1.54, 1.807) is 36.4 Å². The van der Waals surface area contributed by atoms with Crippen molar-refractivity contribution in [2.45, 2.75) is 0 Å². The third-order valence-corrected chi connectivity index (χ3v) is 4.32. The lowest BCUT2D eigenvalue weighted by Crippen LogP contribution is -1.86. The number of rotatable bonds is 1. The number of hydrogen-bond donors (Lipinski definition) is 2. The van der Waals surface area contributed by atoms with Gasteiger partial charge in [0.25, 0.3) is 0 Å². The summed E-state index contributed by atoms with van der Waals surface area (Å²) in [7, 11) is 0. The lowest BCUT2D eigenvalue weighted by molar-refractivity contribution is 0.112. The van der Waals surface area contributed by atoms with Gasteiger partial charge in [0.1, 0.15) is 23.0 Å². The predicted octanol–water partition coefficient (Wildman–Crippen LogP) is 6.16. The molecule has 160 valence electrons. The highest BCUT2D eigenvalue weighted by Crippen LogP contribution is 2.35. The molecule has 0 amide bonds. The van der Waals surface area contributed by atoms with Gasteiger partial charge in [0.15, 0.2) is 12.0 Å². The number of fused-ring (bicyclic) bond motifs is 2. The number of para-hydroxylation sites is 5. The Bertz CT molecular complexity index is 1160. The van der Waals surface area contributed by atoms with Gasteiger partial charge in [0.05, 0.1) is 11.3 Å².